The molecule has 4 heavy (non-hydrogen) atoms. The van der Waals surface area contributed by atoms with Crippen LogP contribution in [0.25, 0.3) is 0 Å². The van der Waals surface area contributed by atoms with Crippen LogP contribution in [-0.2, 0) is 21.1 Å². The molecule has 0 aliphatic heterocycles. The molecule has 1 heteroatoms. The Morgan fingerprint density at radius 2 is 1.25 bits per heavy atom. The smallest absolute Gasteiger partial charge is 0.335 e. The maximum Gasteiger partial charge on any atom is 2.00 e. The van der Waals surface area contributed by atoms with Crippen LogP contribution in [0.1, 0.15) is 13.8 Å². The topological polar surface area (TPSA) is 0 Å². The van der Waals surface area contributed by atoms with Crippen molar-refractivity contribution in [1.29, 1.82) is 0 Å². The molecule has 0 atom stereocenters. The van der Waals surface area contributed by atoms with E-state index in [4.69, 9.17) is 0 Å². The fourth-order valence-electron chi connectivity index (χ4n) is 0. The molecule has 0 fully saturated rings. The minimum atomic E-state index is 0. The van der Waals surface area contributed by atoms with E-state index in [1.54, 1.807) is 0 Å². The summed E-state index contributed by atoms with van der Waals surface area (Å²) in [5.74, 6) is 0. The van der Waals surface area contributed by atoms with Crippen molar-refractivity contribution in [2.24, 2.45) is 0 Å². The van der Waals surface area contributed by atoms with Crippen LogP contribution in [0, 0.1) is 6.42 Å². The number of rotatable bonds is 0. The van der Waals surface area contributed by atoms with E-state index in [2.05, 4.69) is 0 Å². The Balaban J connectivity index is 0. The molecular weight excluding hydrogens is 220 g/mol. The second-order valence-electron chi connectivity index (χ2n) is 0.577. The second kappa shape index (κ2) is 9.35. The Hall–Kier alpha value is 0.688. The molecule has 0 saturated heterocycles. The minimum Gasteiger partial charge on any atom is -0.335 e. The molecule has 0 amide bonds. The van der Waals surface area contributed by atoms with Crippen molar-refractivity contribution in [3.8, 4) is 0 Å². The largest absolute Gasteiger partial charge is 2.00 e. The second-order valence-corrected chi connectivity index (χ2v) is 0.577. The van der Waals surface area contributed by atoms with Crippen LogP contribution >= 0.6 is 0 Å². The molecule has 0 saturated carbocycles. The molecule has 0 bridgehead atoms. The number of hydrogen-bond donors (Lipinski definition) is 0. The third kappa shape index (κ3) is 16.2. The first-order valence-corrected chi connectivity index (χ1v) is 1.15. The Morgan fingerprint density at radius 3 is 1.25 bits per heavy atom. The van der Waals surface area contributed by atoms with Gasteiger partial charge < -0.3 is 6.42 Å². The molecule has 0 aliphatic carbocycles. The van der Waals surface area contributed by atoms with Gasteiger partial charge >= 0.3 is 21.1 Å². The van der Waals surface area contributed by atoms with Gasteiger partial charge in [-0.2, -0.15) is 13.8 Å². The van der Waals surface area contributed by atoms with Gasteiger partial charge in [-0.25, -0.2) is 0 Å². The van der Waals surface area contributed by atoms with E-state index >= 15 is 0 Å². The van der Waals surface area contributed by atoms with Crippen molar-refractivity contribution in [3.63, 3.8) is 0 Å². The van der Waals surface area contributed by atoms with Gasteiger partial charge in [-0.05, 0) is 0 Å². The van der Waals surface area contributed by atoms with Crippen LogP contribution in [0.5, 0.6) is 0 Å². The van der Waals surface area contributed by atoms with Crippen molar-refractivity contribution >= 4 is 0 Å². The Bertz CT molecular complexity index is 3.25. The minimum absolute atomic E-state index is 0. The van der Waals surface area contributed by atoms with Crippen LogP contribution in [0.2, 0.25) is 0 Å². The molecule has 0 aliphatic rings. The van der Waals surface area contributed by atoms with Gasteiger partial charge in [0.25, 0.3) is 0 Å². The average molecular weight is 227 g/mol. The maximum atomic E-state index is 2.00. The summed E-state index contributed by atoms with van der Waals surface area (Å²) in [5.41, 5.74) is 0. The van der Waals surface area contributed by atoms with E-state index in [1.165, 1.54) is 0 Å². The van der Waals surface area contributed by atoms with E-state index < -0.39 is 0 Å². The predicted molar refractivity (Wildman–Crippen MR) is 15.6 cm³/mol. The standard InChI is InChI=1S/C3H7.W/c1-3-2;/h3H,1-2H3;/q-1;+2. The first-order valence-electron chi connectivity index (χ1n) is 1.15. The Labute approximate surface area is 41.9 Å². The Kier molecular flexibility index (Phi) is 20.6. The van der Waals surface area contributed by atoms with Crippen LogP contribution in [0.15, 0.2) is 0 Å². The molecule has 0 unspecified atom stereocenters. The third-order valence-corrected chi connectivity index (χ3v) is 0. The first-order chi connectivity index (χ1) is 1.41. The van der Waals surface area contributed by atoms with E-state index in [9.17, 15) is 0 Å². The van der Waals surface area contributed by atoms with Crippen LogP contribution < -0.4 is 0 Å². The quantitative estimate of drug-likeness (QED) is 0.546. The van der Waals surface area contributed by atoms with E-state index in [1.807, 2.05) is 20.3 Å². The van der Waals surface area contributed by atoms with Gasteiger partial charge in [0.1, 0.15) is 0 Å². The molecular formula is C3H7W+. The zero-order valence-electron chi connectivity index (χ0n) is 2.99. The normalized spacial score (nSPS) is 4.50. The molecule has 0 heterocycles. The van der Waals surface area contributed by atoms with Gasteiger partial charge in [0.05, 0.1) is 0 Å². The monoisotopic (exact) mass is 227 g/mol. The van der Waals surface area contributed by atoms with Gasteiger partial charge in [0.2, 0.25) is 0 Å². The van der Waals surface area contributed by atoms with Gasteiger partial charge in [0, 0.05) is 0 Å². The molecule has 24 valence electrons. The zero-order valence-corrected chi connectivity index (χ0v) is 5.92. The first kappa shape index (κ1) is 8.82. The molecule has 0 aromatic rings. The molecule has 0 aromatic carbocycles. The van der Waals surface area contributed by atoms with Crippen molar-refractivity contribution in [3.05, 3.63) is 6.42 Å². The molecule has 0 nitrogen and oxygen atoms in total. The van der Waals surface area contributed by atoms with Crippen molar-refractivity contribution in [1.82, 2.24) is 0 Å². The molecule has 0 aromatic heterocycles. The van der Waals surface area contributed by atoms with E-state index in [0.717, 1.165) is 0 Å². The van der Waals surface area contributed by atoms with Crippen molar-refractivity contribution < 1.29 is 21.1 Å². The van der Waals surface area contributed by atoms with Gasteiger partial charge in [0.15, 0.2) is 0 Å². The summed E-state index contributed by atoms with van der Waals surface area (Å²) in [5, 5.41) is 0. The summed E-state index contributed by atoms with van der Waals surface area (Å²) in [6, 6.07) is 0. The molecule has 0 radical (unpaired) electrons. The third-order valence-electron chi connectivity index (χ3n) is 0. The molecule has 0 rings (SSSR count). The van der Waals surface area contributed by atoms with Gasteiger partial charge in [-0.1, -0.05) is 0 Å². The van der Waals surface area contributed by atoms with Gasteiger partial charge in [-0.15, -0.1) is 0 Å². The van der Waals surface area contributed by atoms with Crippen LogP contribution in [0.4, 0.5) is 0 Å². The predicted octanol–water partition coefficient (Wildman–Crippen LogP) is 1.23. The molecule has 0 spiro atoms. The summed E-state index contributed by atoms with van der Waals surface area (Å²) in [6.07, 6.45) is 2.00. The summed E-state index contributed by atoms with van der Waals surface area (Å²) in [4.78, 5) is 0. The fourth-order valence-corrected chi connectivity index (χ4v) is 0. The molecule has 0 N–H and O–H groups in total. The summed E-state index contributed by atoms with van der Waals surface area (Å²) in [6.45, 7) is 4.00. The van der Waals surface area contributed by atoms with Crippen molar-refractivity contribution in [2.75, 3.05) is 0 Å². The van der Waals surface area contributed by atoms with Crippen LogP contribution in [0.3, 0.4) is 0 Å². The zero-order chi connectivity index (χ0) is 2.71. The fraction of sp³-hybridized carbons (Fsp3) is 0.667. The van der Waals surface area contributed by atoms with Crippen molar-refractivity contribution in [2.45, 2.75) is 13.8 Å². The van der Waals surface area contributed by atoms with Gasteiger partial charge in [-0.3, -0.25) is 0 Å². The van der Waals surface area contributed by atoms with Crippen LogP contribution in [-0.4, -0.2) is 0 Å². The Morgan fingerprint density at radius 1 is 1.25 bits per heavy atom. The van der Waals surface area contributed by atoms with E-state index in [0.29, 0.717) is 0 Å². The van der Waals surface area contributed by atoms with E-state index in [-0.39, 0.29) is 21.1 Å². The maximum absolute atomic E-state index is 2.00. The summed E-state index contributed by atoms with van der Waals surface area (Å²) in [7, 11) is 0. The SMILES string of the molecule is C[CH-]C.[W+2]. The summed E-state index contributed by atoms with van der Waals surface area (Å²) < 4.78 is 0. The summed E-state index contributed by atoms with van der Waals surface area (Å²) >= 11 is 0. The average Bonchev–Trinajstić information content (AvgIpc) is 0.918. The number of hydrogen-bond acceptors (Lipinski definition) is 0.